The summed E-state index contributed by atoms with van der Waals surface area (Å²) in [4.78, 5) is 16.9. The number of hydrogen-bond acceptors (Lipinski definition) is 6. The van der Waals surface area contributed by atoms with Gasteiger partial charge in [-0.2, -0.15) is 0 Å². The standard InChI is InChI=1S/C22H25N3O4S/c1-14-5-7-15(8-6-14)21-24-16(13-30-21)9-10-23-22(26)25-17-11-18(27-2)20(29-4)19(12-17)28-3/h5-8,11-13H,9-10H2,1-4H3,(H2,23,25,26). The molecule has 0 aliphatic heterocycles. The lowest BCUT2D eigenvalue weighted by molar-refractivity contribution is 0.252. The van der Waals surface area contributed by atoms with Crippen molar-refractivity contribution in [2.24, 2.45) is 0 Å². The van der Waals surface area contributed by atoms with Crippen LogP contribution in [0.4, 0.5) is 10.5 Å². The number of benzene rings is 2. The average Bonchev–Trinajstić information content (AvgIpc) is 3.22. The van der Waals surface area contributed by atoms with Gasteiger partial charge in [-0.05, 0) is 6.92 Å². The van der Waals surface area contributed by atoms with Crippen LogP contribution in [0.3, 0.4) is 0 Å². The number of amides is 2. The Balaban J connectivity index is 1.55. The molecule has 8 heteroatoms. The van der Waals surface area contributed by atoms with E-state index in [1.165, 1.54) is 26.9 Å². The second kappa shape index (κ2) is 9.98. The van der Waals surface area contributed by atoms with Gasteiger partial charge in [0.2, 0.25) is 5.75 Å². The maximum Gasteiger partial charge on any atom is 0.319 e. The number of aryl methyl sites for hydroxylation is 1. The van der Waals surface area contributed by atoms with Crippen LogP contribution in [0.5, 0.6) is 17.2 Å². The van der Waals surface area contributed by atoms with Gasteiger partial charge in [0.05, 0.1) is 32.7 Å². The molecule has 3 aromatic rings. The number of methoxy groups -OCH3 is 3. The van der Waals surface area contributed by atoms with E-state index < -0.39 is 0 Å². The summed E-state index contributed by atoms with van der Waals surface area (Å²) in [7, 11) is 4.59. The molecule has 2 N–H and O–H groups in total. The molecule has 30 heavy (non-hydrogen) atoms. The molecule has 2 aromatic carbocycles. The van der Waals surface area contributed by atoms with Gasteiger partial charge in [-0.15, -0.1) is 11.3 Å². The lowest BCUT2D eigenvalue weighted by Crippen LogP contribution is -2.30. The number of nitrogens with zero attached hydrogens (tertiary/aromatic N) is 1. The first-order chi connectivity index (χ1) is 14.5. The van der Waals surface area contributed by atoms with Crippen molar-refractivity contribution in [1.82, 2.24) is 10.3 Å². The molecule has 0 fully saturated rings. The summed E-state index contributed by atoms with van der Waals surface area (Å²) in [6.45, 7) is 2.53. The summed E-state index contributed by atoms with van der Waals surface area (Å²) in [6, 6.07) is 11.3. The minimum atomic E-state index is -0.321. The van der Waals surface area contributed by atoms with E-state index in [1.807, 2.05) is 5.38 Å². The molecule has 0 aliphatic rings. The van der Waals surface area contributed by atoms with Crippen molar-refractivity contribution in [2.75, 3.05) is 33.2 Å². The molecule has 1 aromatic heterocycles. The van der Waals surface area contributed by atoms with Crippen molar-refractivity contribution in [2.45, 2.75) is 13.3 Å². The number of anilines is 1. The van der Waals surface area contributed by atoms with Crippen molar-refractivity contribution in [1.29, 1.82) is 0 Å². The maximum absolute atomic E-state index is 12.3. The quantitative estimate of drug-likeness (QED) is 0.553. The highest BCUT2D eigenvalue weighted by atomic mass is 32.1. The van der Waals surface area contributed by atoms with E-state index in [-0.39, 0.29) is 6.03 Å². The third-order valence-corrected chi connectivity index (χ3v) is 5.38. The minimum absolute atomic E-state index is 0.321. The fourth-order valence-electron chi connectivity index (χ4n) is 2.88. The predicted octanol–water partition coefficient (Wildman–Crippen LogP) is 4.51. The van der Waals surface area contributed by atoms with E-state index >= 15 is 0 Å². The van der Waals surface area contributed by atoms with Crippen LogP contribution in [0.2, 0.25) is 0 Å². The Morgan fingerprint density at radius 3 is 2.30 bits per heavy atom. The van der Waals surface area contributed by atoms with Gasteiger partial charge in [0.1, 0.15) is 5.01 Å². The van der Waals surface area contributed by atoms with E-state index in [0.29, 0.717) is 35.9 Å². The van der Waals surface area contributed by atoms with Crippen LogP contribution in [0, 0.1) is 6.92 Å². The van der Waals surface area contributed by atoms with E-state index in [9.17, 15) is 4.79 Å². The highest BCUT2D eigenvalue weighted by Crippen LogP contribution is 2.39. The molecule has 0 saturated heterocycles. The number of ether oxygens (including phenoxy) is 3. The Labute approximate surface area is 180 Å². The highest BCUT2D eigenvalue weighted by molar-refractivity contribution is 7.13. The summed E-state index contributed by atoms with van der Waals surface area (Å²) in [5.74, 6) is 1.41. The van der Waals surface area contributed by atoms with Gasteiger partial charge in [0.25, 0.3) is 0 Å². The van der Waals surface area contributed by atoms with E-state index in [2.05, 4.69) is 46.8 Å². The average molecular weight is 428 g/mol. The number of rotatable bonds is 8. The Hall–Kier alpha value is -3.26. The number of carbonyl (C=O) groups is 1. The molecule has 1 heterocycles. The zero-order valence-corrected chi connectivity index (χ0v) is 18.3. The largest absolute Gasteiger partial charge is 0.493 e. The number of hydrogen-bond donors (Lipinski definition) is 2. The van der Waals surface area contributed by atoms with E-state index in [4.69, 9.17) is 14.2 Å². The predicted molar refractivity (Wildman–Crippen MR) is 119 cm³/mol. The number of thiazole rings is 1. The zero-order valence-electron chi connectivity index (χ0n) is 17.4. The molecule has 158 valence electrons. The Morgan fingerprint density at radius 1 is 1.03 bits per heavy atom. The zero-order chi connectivity index (χ0) is 21.5. The number of carbonyl (C=O) groups excluding carboxylic acids is 1. The lowest BCUT2D eigenvalue weighted by atomic mass is 10.2. The second-order valence-electron chi connectivity index (χ2n) is 6.55. The molecule has 0 spiro atoms. The molecule has 0 radical (unpaired) electrons. The first-order valence-electron chi connectivity index (χ1n) is 9.40. The fraction of sp³-hybridized carbons (Fsp3) is 0.273. The summed E-state index contributed by atoms with van der Waals surface area (Å²) in [5.41, 5.74) is 3.81. The summed E-state index contributed by atoms with van der Waals surface area (Å²) >= 11 is 1.60. The number of urea groups is 1. The van der Waals surface area contributed by atoms with E-state index in [0.717, 1.165) is 16.3 Å². The van der Waals surface area contributed by atoms with Crippen LogP contribution in [0.25, 0.3) is 10.6 Å². The van der Waals surface area contributed by atoms with Crippen molar-refractivity contribution < 1.29 is 19.0 Å². The molecular formula is C22H25N3O4S. The van der Waals surface area contributed by atoms with Crippen molar-refractivity contribution >= 4 is 23.1 Å². The molecule has 0 saturated carbocycles. The first kappa shape index (κ1) is 21.4. The van der Waals surface area contributed by atoms with Crippen molar-refractivity contribution in [3.8, 4) is 27.8 Å². The van der Waals surface area contributed by atoms with Crippen molar-refractivity contribution in [3.63, 3.8) is 0 Å². The van der Waals surface area contributed by atoms with Crippen LogP contribution in [0.1, 0.15) is 11.3 Å². The van der Waals surface area contributed by atoms with Gasteiger partial charge >= 0.3 is 6.03 Å². The topological polar surface area (TPSA) is 81.7 Å². The number of aromatic nitrogens is 1. The summed E-state index contributed by atoms with van der Waals surface area (Å²) in [6.07, 6.45) is 0.644. The van der Waals surface area contributed by atoms with Gasteiger partial charge in [0.15, 0.2) is 11.5 Å². The monoisotopic (exact) mass is 427 g/mol. The van der Waals surface area contributed by atoms with Crippen LogP contribution < -0.4 is 24.8 Å². The van der Waals surface area contributed by atoms with Gasteiger partial charge in [-0.25, -0.2) is 9.78 Å². The molecule has 0 unspecified atom stereocenters. The maximum atomic E-state index is 12.3. The normalized spacial score (nSPS) is 10.4. The van der Waals surface area contributed by atoms with Crippen LogP contribution in [-0.2, 0) is 6.42 Å². The van der Waals surface area contributed by atoms with Crippen LogP contribution >= 0.6 is 11.3 Å². The molecule has 0 atom stereocenters. The van der Waals surface area contributed by atoms with Gasteiger partial charge in [0, 0.05) is 36.0 Å². The SMILES string of the molecule is COc1cc(NC(=O)NCCc2csc(-c3ccc(C)cc3)n2)cc(OC)c1OC. The first-order valence-corrected chi connectivity index (χ1v) is 10.3. The third kappa shape index (κ3) is 5.21. The number of nitrogens with one attached hydrogen (secondary N) is 2. The summed E-state index contributed by atoms with van der Waals surface area (Å²) in [5, 5.41) is 8.62. The molecule has 0 bridgehead atoms. The lowest BCUT2D eigenvalue weighted by Gasteiger charge is -2.14. The molecule has 7 nitrogen and oxygen atoms in total. The van der Waals surface area contributed by atoms with Crippen LogP contribution in [0.15, 0.2) is 41.8 Å². The second-order valence-corrected chi connectivity index (χ2v) is 7.41. The molecule has 3 rings (SSSR count). The van der Waals surface area contributed by atoms with Crippen LogP contribution in [-0.4, -0.2) is 38.9 Å². The highest BCUT2D eigenvalue weighted by Gasteiger charge is 2.14. The smallest absolute Gasteiger partial charge is 0.319 e. The van der Waals surface area contributed by atoms with E-state index in [1.54, 1.807) is 23.5 Å². The molecule has 2 amide bonds. The minimum Gasteiger partial charge on any atom is -0.493 e. The van der Waals surface area contributed by atoms with Gasteiger partial charge < -0.3 is 24.8 Å². The third-order valence-electron chi connectivity index (χ3n) is 4.44. The van der Waals surface area contributed by atoms with Gasteiger partial charge in [-0.1, -0.05) is 29.8 Å². The Morgan fingerprint density at radius 2 is 1.70 bits per heavy atom. The molecular weight excluding hydrogens is 402 g/mol. The Bertz CT molecular complexity index is 977. The summed E-state index contributed by atoms with van der Waals surface area (Å²) < 4.78 is 15.9. The van der Waals surface area contributed by atoms with Gasteiger partial charge in [-0.3, -0.25) is 0 Å². The fourth-order valence-corrected chi connectivity index (χ4v) is 3.74. The van der Waals surface area contributed by atoms with Crippen molar-refractivity contribution in [3.05, 3.63) is 53.0 Å². The Kier molecular flexibility index (Phi) is 7.13. The molecule has 0 aliphatic carbocycles.